The van der Waals surface area contributed by atoms with Crippen molar-refractivity contribution in [3.8, 4) is 0 Å². The molecule has 1 N–H and O–H groups in total. The normalized spacial score (nSPS) is 18.0. The molecule has 1 saturated heterocycles. The van der Waals surface area contributed by atoms with Crippen LogP contribution in [0.25, 0.3) is 0 Å². The lowest BCUT2D eigenvalue weighted by Gasteiger charge is -2.31. The highest BCUT2D eigenvalue weighted by molar-refractivity contribution is 7.89. The van der Waals surface area contributed by atoms with Crippen molar-refractivity contribution in [3.63, 3.8) is 0 Å². The number of piperidine rings is 1. The van der Waals surface area contributed by atoms with Crippen molar-refractivity contribution < 1.29 is 13.2 Å². The number of hydrogen-bond donors (Lipinski definition) is 1. The first-order chi connectivity index (χ1) is 12.5. The van der Waals surface area contributed by atoms with E-state index in [4.69, 9.17) is 0 Å². The van der Waals surface area contributed by atoms with Crippen molar-refractivity contribution in [3.05, 3.63) is 52.2 Å². The summed E-state index contributed by atoms with van der Waals surface area (Å²) in [7, 11) is -3.56. The van der Waals surface area contributed by atoms with Crippen LogP contribution in [0.15, 0.2) is 46.7 Å². The zero-order valence-electron chi connectivity index (χ0n) is 14.8. The van der Waals surface area contributed by atoms with E-state index in [1.54, 1.807) is 23.5 Å². The summed E-state index contributed by atoms with van der Waals surface area (Å²) in [6.45, 7) is 4.04. The SMILES string of the molecule is C[C@H]1CCCN(C(=O)c2ccc(S(=O)(=O)NCCc3cccs3)cc2)C1. The van der Waals surface area contributed by atoms with Crippen LogP contribution in [0, 0.1) is 5.92 Å². The minimum atomic E-state index is -3.56. The molecule has 1 aromatic carbocycles. The zero-order valence-corrected chi connectivity index (χ0v) is 16.5. The van der Waals surface area contributed by atoms with Gasteiger partial charge in [0, 0.05) is 30.1 Å². The number of thiophene rings is 1. The van der Waals surface area contributed by atoms with Crippen molar-refractivity contribution in [2.75, 3.05) is 19.6 Å². The summed E-state index contributed by atoms with van der Waals surface area (Å²) in [5.41, 5.74) is 0.539. The maximum absolute atomic E-state index is 12.6. The summed E-state index contributed by atoms with van der Waals surface area (Å²) >= 11 is 1.61. The second-order valence-electron chi connectivity index (χ2n) is 6.75. The minimum absolute atomic E-state index is 0.0221. The van der Waals surface area contributed by atoms with E-state index in [1.807, 2.05) is 22.4 Å². The van der Waals surface area contributed by atoms with Crippen molar-refractivity contribution >= 4 is 27.3 Å². The Morgan fingerprint density at radius 3 is 2.69 bits per heavy atom. The Balaban J connectivity index is 1.61. The predicted octanol–water partition coefficient (Wildman–Crippen LogP) is 3.14. The summed E-state index contributed by atoms with van der Waals surface area (Å²) < 4.78 is 27.4. The summed E-state index contributed by atoms with van der Waals surface area (Å²) in [5, 5.41) is 1.97. The highest BCUT2D eigenvalue weighted by Crippen LogP contribution is 2.19. The second kappa shape index (κ2) is 8.33. The van der Waals surface area contributed by atoms with Gasteiger partial charge in [-0.25, -0.2) is 13.1 Å². The van der Waals surface area contributed by atoms with Crippen LogP contribution < -0.4 is 4.72 Å². The summed E-state index contributed by atoms with van der Waals surface area (Å²) in [6.07, 6.45) is 2.84. The molecular formula is C19H24N2O3S2. The van der Waals surface area contributed by atoms with E-state index >= 15 is 0 Å². The number of nitrogens with one attached hydrogen (secondary N) is 1. The van der Waals surface area contributed by atoms with Crippen LogP contribution in [0.4, 0.5) is 0 Å². The smallest absolute Gasteiger partial charge is 0.253 e. The van der Waals surface area contributed by atoms with E-state index < -0.39 is 10.0 Å². The molecule has 0 bridgehead atoms. The van der Waals surface area contributed by atoms with Crippen molar-refractivity contribution in [1.29, 1.82) is 0 Å². The molecule has 26 heavy (non-hydrogen) atoms. The lowest BCUT2D eigenvalue weighted by molar-refractivity contribution is 0.0683. The largest absolute Gasteiger partial charge is 0.338 e. The maximum atomic E-state index is 12.6. The average Bonchev–Trinajstić information content (AvgIpc) is 3.14. The molecule has 1 aliphatic heterocycles. The average molecular weight is 393 g/mol. The first-order valence-corrected chi connectivity index (χ1v) is 11.2. The van der Waals surface area contributed by atoms with Gasteiger partial charge in [-0.05, 0) is 60.9 Å². The van der Waals surface area contributed by atoms with Crippen molar-refractivity contribution in [1.82, 2.24) is 9.62 Å². The van der Waals surface area contributed by atoms with Gasteiger partial charge in [-0.3, -0.25) is 4.79 Å². The van der Waals surface area contributed by atoms with E-state index in [1.165, 1.54) is 12.1 Å². The number of amides is 1. The predicted molar refractivity (Wildman–Crippen MR) is 104 cm³/mol. The van der Waals surface area contributed by atoms with Crippen LogP contribution in [0.3, 0.4) is 0 Å². The van der Waals surface area contributed by atoms with Gasteiger partial charge in [-0.2, -0.15) is 0 Å². The van der Waals surface area contributed by atoms with Crippen LogP contribution in [0.2, 0.25) is 0 Å². The summed E-state index contributed by atoms with van der Waals surface area (Å²) in [5.74, 6) is 0.492. The van der Waals surface area contributed by atoms with Crippen LogP contribution >= 0.6 is 11.3 Å². The number of rotatable bonds is 6. The van der Waals surface area contributed by atoms with Gasteiger partial charge >= 0.3 is 0 Å². The van der Waals surface area contributed by atoms with Gasteiger partial charge in [0.1, 0.15) is 0 Å². The van der Waals surface area contributed by atoms with Crippen molar-refractivity contribution in [2.45, 2.75) is 31.1 Å². The van der Waals surface area contributed by atoms with Crippen LogP contribution in [0.1, 0.15) is 35.0 Å². The monoisotopic (exact) mass is 392 g/mol. The number of likely N-dealkylation sites (tertiary alicyclic amines) is 1. The first-order valence-electron chi connectivity index (χ1n) is 8.87. The maximum Gasteiger partial charge on any atom is 0.253 e. The third-order valence-corrected chi connectivity index (χ3v) is 7.01. The lowest BCUT2D eigenvalue weighted by atomic mass is 9.99. The van der Waals surface area contributed by atoms with Gasteiger partial charge in [-0.1, -0.05) is 13.0 Å². The summed E-state index contributed by atoms with van der Waals surface area (Å²) in [4.78, 5) is 15.8. The van der Waals surface area contributed by atoms with E-state index in [-0.39, 0.29) is 10.8 Å². The molecule has 0 unspecified atom stereocenters. The molecule has 140 valence electrons. The van der Waals surface area contributed by atoms with Gasteiger partial charge in [-0.15, -0.1) is 11.3 Å². The summed E-state index contributed by atoms with van der Waals surface area (Å²) in [6, 6.07) is 10.2. The number of hydrogen-bond acceptors (Lipinski definition) is 4. The quantitative estimate of drug-likeness (QED) is 0.821. The number of benzene rings is 1. The molecular weight excluding hydrogens is 368 g/mol. The van der Waals surface area contributed by atoms with Gasteiger partial charge in [0.25, 0.3) is 5.91 Å². The molecule has 0 saturated carbocycles. The van der Waals surface area contributed by atoms with Crippen LogP contribution in [0.5, 0.6) is 0 Å². The number of sulfonamides is 1. The zero-order chi connectivity index (χ0) is 18.6. The molecule has 0 radical (unpaired) electrons. The molecule has 1 atom stereocenters. The Morgan fingerprint density at radius 1 is 1.27 bits per heavy atom. The Bertz CT molecular complexity index is 830. The Kier molecular flexibility index (Phi) is 6.11. The molecule has 1 amide bonds. The van der Waals surface area contributed by atoms with E-state index in [0.717, 1.165) is 30.8 Å². The van der Waals surface area contributed by atoms with E-state index in [9.17, 15) is 13.2 Å². The standard InChI is InChI=1S/C19H24N2O3S2/c1-15-4-2-12-21(14-15)19(22)16-6-8-18(9-7-16)26(23,24)20-11-10-17-5-3-13-25-17/h3,5-9,13,15,20H,2,4,10-12,14H2,1H3/t15-/m0/s1. The van der Waals surface area contributed by atoms with Gasteiger partial charge in [0.2, 0.25) is 10.0 Å². The molecule has 0 spiro atoms. The highest BCUT2D eigenvalue weighted by Gasteiger charge is 2.22. The van der Waals surface area contributed by atoms with Gasteiger partial charge < -0.3 is 4.90 Å². The van der Waals surface area contributed by atoms with Gasteiger partial charge in [0.15, 0.2) is 0 Å². The molecule has 1 aromatic heterocycles. The first kappa shape index (κ1) is 19.1. The lowest BCUT2D eigenvalue weighted by Crippen LogP contribution is -2.39. The molecule has 5 nitrogen and oxygen atoms in total. The third-order valence-electron chi connectivity index (χ3n) is 4.60. The molecule has 3 rings (SSSR count). The van der Waals surface area contributed by atoms with Crippen LogP contribution in [-0.4, -0.2) is 38.9 Å². The molecule has 7 heteroatoms. The molecule has 1 fully saturated rings. The fourth-order valence-corrected chi connectivity index (χ4v) is 4.92. The third kappa shape index (κ3) is 4.72. The number of carbonyl (C=O) groups is 1. The van der Waals surface area contributed by atoms with Crippen LogP contribution in [-0.2, 0) is 16.4 Å². The Hall–Kier alpha value is -1.70. The molecule has 2 heterocycles. The minimum Gasteiger partial charge on any atom is -0.338 e. The topological polar surface area (TPSA) is 66.5 Å². The molecule has 1 aliphatic rings. The highest BCUT2D eigenvalue weighted by atomic mass is 32.2. The van der Waals surface area contributed by atoms with Gasteiger partial charge in [0.05, 0.1) is 4.90 Å². The van der Waals surface area contributed by atoms with E-state index in [2.05, 4.69) is 11.6 Å². The second-order valence-corrected chi connectivity index (χ2v) is 9.55. The van der Waals surface area contributed by atoms with E-state index in [0.29, 0.717) is 24.4 Å². The number of carbonyl (C=O) groups excluding carboxylic acids is 1. The Labute approximate surface area is 159 Å². The van der Waals surface area contributed by atoms with Crippen molar-refractivity contribution in [2.24, 2.45) is 5.92 Å². The number of nitrogens with zero attached hydrogens (tertiary/aromatic N) is 1. The Morgan fingerprint density at radius 2 is 2.04 bits per heavy atom. The molecule has 2 aromatic rings. The molecule has 0 aliphatic carbocycles. The fourth-order valence-electron chi connectivity index (χ4n) is 3.18. The fraction of sp³-hybridized carbons (Fsp3) is 0.421.